The smallest absolute Gasteiger partial charge is 0.296 e. The monoisotopic (exact) mass is 462 g/mol. The van der Waals surface area contributed by atoms with E-state index < -0.39 is 0 Å². The van der Waals surface area contributed by atoms with Gasteiger partial charge in [-0.3, -0.25) is 9.59 Å². The van der Waals surface area contributed by atoms with E-state index in [0.29, 0.717) is 29.7 Å². The molecule has 0 saturated carbocycles. The van der Waals surface area contributed by atoms with Gasteiger partial charge in [-0.2, -0.15) is 0 Å². The maximum absolute atomic E-state index is 13.7. The molecule has 0 N–H and O–H groups in total. The van der Waals surface area contributed by atoms with Crippen LogP contribution in [0.2, 0.25) is 0 Å². The summed E-state index contributed by atoms with van der Waals surface area (Å²) in [5.74, 6) is -0.246. The van der Waals surface area contributed by atoms with E-state index in [0.717, 1.165) is 50.8 Å². The summed E-state index contributed by atoms with van der Waals surface area (Å²) in [6.45, 7) is 6.11. The number of carbonyl (C=O) groups is 1. The Hall–Kier alpha value is -3.36. The standard InChI is InChI=1S/C26H30N4O4/c1-27-11-13-30(14-12-27)23-24(31)21-5-3-4-6-22(21)34-25(23)26(32)28(2)19-7-9-20(10-8-19)29-15-17-33-18-16-29/h3-10H,11-18H2,1-2H3. The van der Waals surface area contributed by atoms with Gasteiger partial charge in [-0.1, -0.05) is 12.1 Å². The van der Waals surface area contributed by atoms with E-state index >= 15 is 0 Å². The average molecular weight is 463 g/mol. The molecule has 0 spiro atoms. The number of amides is 1. The highest BCUT2D eigenvalue weighted by Crippen LogP contribution is 2.27. The number of rotatable bonds is 4. The second-order valence-corrected chi connectivity index (χ2v) is 8.88. The van der Waals surface area contributed by atoms with Crippen molar-refractivity contribution in [2.24, 2.45) is 0 Å². The summed E-state index contributed by atoms with van der Waals surface area (Å²) in [6.07, 6.45) is 0. The van der Waals surface area contributed by atoms with Crippen LogP contribution in [0.3, 0.4) is 0 Å². The predicted molar refractivity (Wildman–Crippen MR) is 134 cm³/mol. The van der Waals surface area contributed by atoms with E-state index in [9.17, 15) is 9.59 Å². The lowest BCUT2D eigenvalue weighted by Gasteiger charge is -2.34. The van der Waals surface area contributed by atoms with Gasteiger partial charge < -0.3 is 28.8 Å². The van der Waals surface area contributed by atoms with E-state index in [1.165, 1.54) is 0 Å². The molecule has 5 rings (SSSR count). The molecule has 3 heterocycles. The predicted octanol–water partition coefficient (Wildman–Crippen LogP) is 2.66. The second kappa shape index (κ2) is 9.48. The maximum atomic E-state index is 13.7. The fourth-order valence-corrected chi connectivity index (χ4v) is 4.57. The quantitative estimate of drug-likeness (QED) is 0.590. The van der Waals surface area contributed by atoms with E-state index in [2.05, 4.69) is 16.8 Å². The Bertz CT molecular complexity index is 1230. The minimum Gasteiger partial charge on any atom is -0.448 e. The van der Waals surface area contributed by atoms with Gasteiger partial charge >= 0.3 is 0 Å². The van der Waals surface area contributed by atoms with Gasteiger partial charge in [-0.05, 0) is 43.4 Å². The Labute approximate surface area is 198 Å². The number of hydrogen-bond acceptors (Lipinski definition) is 7. The van der Waals surface area contributed by atoms with Crippen molar-refractivity contribution in [1.82, 2.24) is 4.90 Å². The van der Waals surface area contributed by atoms with E-state index in [1.54, 1.807) is 24.1 Å². The molecule has 2 fully saturated rings. The fourth-order valence-electron chi connectivity index (χ4n) is 4.57. The largest absolute Gasteiger partial charge is 0.448 e. The molecule has 2 saturated heterocycles. The first-order valence-electron chi connectivity index (χ1n) is 11.7. The molecule has 0 atom stereocenters. The van der Waals surface area contributed by atoms with Crippen molar-refractivity contribution in [1.29, 1.82) is 0 Å². The Morgan fingerprint density at radius 3 is 2.26 bits per heavy atom. The zero-order valence-corrected chi connectivity index (χ0v) is 19.7. The number of anilines is 3. The first kappa shape index (κ1) is 22.4. The lowest BCUT2D eigenvalue weighted by Crippen LogP contribution is -2.47. The molecule has 0 radical (unpaired) electrons. The third kappa shape index (κ3) is 4.26. The van der Waals surface area contributed by atoms with Crippen LogP contribution in [0.25, 0.3) is 11.0 Å². The number of ether oxygens (including phenoxy) is 1. The van der Waals surface area contributed by atoms with Crippen molar-refractivity contribution in [2.45, 2.75) is 0 Å². The van der Waals surface area contributed by atoms with Crippen LogP contribution in [0.15, 0.2) is 57.7 Å². The van der Waals surface area contributed by atoms with Gasteiger partial charge in [0.1, 0.15) is 11.3 Å². The van der Waals surface area contributed by atoms with Crippen LogP contribution < -0.4 is 20.1 Å². The number of carbonyl (C=O) groups excluding carboxylic acids is 1. The van der Waals surface area contributed by atoms with E-state index in [-0.39, 0.29) is 17.1 Å². The summed E-state index contributed by atoms with van der Waals surface area (Å²) in [4.78, 5) is 35.2. The zero-order valence-electron chi connectivity index (χ0n) is 19.7. The second-order valence-electron chi connectivity index (χ2n) is 8.88. The van der Waals surface area contributed by atoms with Crippen molar-refractivity contribution >= 4 is 33.9 Å². The summed E-state index contributed by atoms with van der Waals surface area (Å²) in [6, 6.07) is 15.0. The van der Waals surface area contributed by atoms with Gasteiger partial charge in [0.05, 0.1) is 18.6 Å². The highest BCUT2D eigenvalue weighted by Gasteiger charge is 2.29. The highest BCUT2D eigenvalue weighted by atomic mass is 16.5. The third-order valence-electron chi connectivity index (χ3n) is 6.71. The molecular formula is C26H30N4O4. The number of benzene rings is 2. The van der Waals surface area contributed by atoms with Crippen LogP contribution in [-0.4, -0.2) is 77.4 Å². The number of fused-ring (bicyclic) bond motifs is 1. The van der Waals surface area contributed by atoms with Crippen molar-refractivity contribution in [3.8, 4) is 0 Å². The van der Waals surface area contributed by atoms with Crippen LogP contribution in [0.5, 0.6) is 0 Å². The SMILES string of the molecule is CN1CCN(c2c(C(=O)N(C)c3ccc(N4CCOCC4)cc3)oc3ccccc3c2=O)CC1. The van der Waals surface area contributed by atoms with Crippen LogP contribution in [0.4, 0.5) is 17.1 Å². The van der Waals surface area contributed by atoms with Crippen LogP contribution >= 0.6 is 0 Å². The number of nitrogens with zero attached hydrogens (tertiary/aromatic N) is 4. The molecule has 34 heavy (non-hydrogen) atoms. The van der Waals surface area contributed by atoms with Gasteiger partial charge in [0, 0.05) is 57.7 Å². The average Bonchev–Trinajstić information content (AvgIpc) is 2.89. The van der Waals surface area contributed by atoms with E-state index in [4.69, 9.17) is 9.15 Å². The van der Waals surface area contributed by atoms with Gasteiger partial charge in [-0.25, -0.2) is 0 Å². The Kier molecular flexibility index (Phi) is 6.26. The van der Waals surface area contributed by atoms with Gasteiger partial charge in [-0.15, -0.1) is 0 Å². The van der Waals surface area contributed by atoms with Crippen molar-refractivity contribution in [2.75, 3.05) is 81.3 Å². The minimum atomic E-state index is -0.337. The van der Waals surface area contributed by atoms with Crippen LogP contribution in [-0.2, 0) is 4.74 Å². The molecule has 8 nitrogen and oxygen atoms in total. The highest BCUT2D eigenvalue weighted by molar-refractivity contribution is 6.08. The normalized spacial score (nSPS) is 17.2. The molecular weight excluding hydrogens is 432 g/mol. The summed E-state index contributed by atoms with van der Waals surface area (Å²) >= 11 is 0. The van der Waals surface area contributed by atoms with Crippen LogP contribution in [0.1, 0.15) is 10.6 Å². The minimum absolute atomic E-state index is 0.0907. The molecule has 1 aromatic heterocycles. The molecule has 178 valence electrons. The molecule has 8 heteroatoms. The Morgan fingerprint density at radius 2 is 1.56 bits per heavy atom. The lowest BCUT2D eigenvalue weighted by atomic mass is 10.1. The number of para-hydroxylation sites is 1. The van der Waals surface area contributed by atoms with Gasteiger partial charge in [0.15, 0.2) is 0 Å². The van der Waals surface area contributed by atoms with E-state index in [1.807, 2.05) is 41.3 Å². The summed E-state index contributed by atoms with van der Waals surface area (Å²) in [5.41, 5.74) is 2.45. The molecule has 0 aliphatic carbocycles. The van der Waals surface area contributed by atoms with Crippen LogP contribution in [0, 0.1) is 0 Å². The summed E-state index contributed by atoms with van der Waals surface area (Å²) in [7, 11) is 3.77. The molecule has 2 aliphatic heterocycles. The fraction of sp³-hybridized carbons (Fsp3) is 0.385. The molecule has 1 amide bonds. The summed E-state index contributed by atoms with van der Waals surface area (Å²) in [5, 5.41) is 0.491. The molecule has 0 unspecified atom stereocenters. The van der Waals surface area contributed by atoms with Crippen molar-refractivity contribution < 1.29 is 13.9 Å². The zero-order chi connectivity index (χ0) is 23.7. The number of likely N-dealkylation sites (N-methyl/N-ethyl adjacent to an activating group) is 1. The first-order chi connectivity index (χ1) is 16.5. The number of morpholine rings is 1. The van der Waals surface area contributed by atoms with Crippen molar-refractivity contribution in [3.05, 3.63) is 64.5 Å². The third-order valence-corrected chi connectivity index (χ3v) is 6.71. The Balaban J connectivity index is 1.49. The number of hydrogen-bond donors (Lipinski definition) is 0. The molecule has 0 bridgehead atoms. The molecule has 2 aliphatic rings. The van der Waals surface area contributed by atoms with Gasteiger partial charge in [0.25, 0.3) is 5.91 Å². The lowest BCUT2D eigenvalue weighted by molar-refractivity contribution is 0.0967. The topological polar surface area (TPSA) is 69.5 Å². The Morgan fingerprint density at radius 1 is 0.882 bits per heavy atom. The molecule has 2 aromatic carbocycles. The number of piperazine rings is 1. The molecule has 3 aromatic rings. The summed E-state index contributed by atoms with van der Waals surface area (Å²) < 4.78 is 11.5. The van der Waals surface area contributed by atoms with Gasteiger partial charge in [0.2, 0.25) is 11.2 Å². The maximum Gasteiger partial charge on any atom is 0.296 e. The van der Waals surface area contributed by atoms with Crippen molar-refractivity contribution in [3.63, 3.8) is 0 Å². The first-order valence-corrected chi connectivity index (χ1v) is 11.7.